The number of amides is 1. The molecule has 27 heavy (non-hydrogen) atoms. The van der Waals surface area contributed by atoms with Gasteiger partial charge in [-0.1, -0.05) is 67.1 Å². The second-order valence-electron chi connectivity index (χ2n) is 8.04. The lowest BCUT2D eigenvalue weighted by Gasteiger charge is -2.38. The fourth-order valence-corrected chi connectivity index (χ4v) is 3.98. The van der Waals surface area contributed by atoms with Crippen molar-refractivity contribution in [2.45, 2.75) is 52.1 Å². The largest absolute Gasteiger partial charge is 0.353 e. The molecule has 1 amide bonds. The number of aryl methyl sites for hydroxylation is 1. The van der Waals surface area contributed by atoms with Gasteiger partial charge < -0.3 is 5.32 Å². The molecule has 0 spiro atoms. The summed E-state index contributed by atoms with van der Waals surface area (Å²) >= 11 is 0. The van der Waals surface area contributed by atoms with Crippen molar-refractivity contribution in [2.75, 3.05) is 13.1 Å². The zero-order valence-corrected chi connectivity index (χ0v) is 16.8. The van der Waals surface area contributed by atoms with E-state index >= 15 is 0 Å². The van der Waals surface area contributed by atoms with Crippen LogP contribution in [-0.4, -0.2) is 29.9 Å². The van der Waals surface area contributed by atoms with E-state index in [1.807, 2.05) is 0 Å². The van der Waals surface area contributed by atoms with Gasteiger partial charge in [0.1, 0.15) is 0 Å². The van der Waals surface area contributed by atoms with Crippen LogP contribution >= 0.6 is 0 Å². The van der Waals surface area contributed by atoms with Crippen LogP contribution in [-0.2, 0) is 11.3 Å². The van der Waals surface area contributed by atoms with Gasteiger partial charge in [-0.15, -0.1) is 0 Å². The summed E-state index contributed by atoms with van der Waals surface area (Å²) in [6.45, 7) is 9.08. The Morgan fingerprint density at radius 3 is 2.63 bits per heavy atom. The Morgan fingerprint density at radius 2 is 1.93 bits per heavy atom. The number of hydrogen-bond acceptors (Lipinski definition) is 2. The average molecular weight is 365 g/mol. The average Bonchev–Trinajstić information content (AvgIpc) is 2.68. The first kappa shape index (κ1) is 19.6. The van der Waals surface area contributed by atoms with E-state index in [0.29, 0.717) is 5.92 Å². The smallest absolute Gasteiger partial charge is 0.224 e. The Balaban J connectivity index is 1.78. The molecule has 2 aromatic carbocycles. The highest BCUT2D eigenvalue weighted by molar-refractivity contribution is 5.79. The zero-order chi connectivity index (χ0) is 19.2. The Bertz CT molecular complexity index is 743. The number of hydrogen-bond donors (Lipinski definition) is 1. The molecule has 0 saturated carbocycles. The van der Waals surface area contributed by atoms with Crippen molar-refractivity contribution in [3.63, 3.8) is 0 Å². The van der Waals surface area contributed by atoms with Gasteiger partial charge >= 0.3 is 0 Å². The molecule has 0 unspecified atom stereocenters. The van der Waals surface area contributed by atoms with Gasteiger partial charge in [-0.05, 0) is 43.7 Å². The number of nitrogens with zero attached hydrogens (tertiary/aromatic N) is 1. The molecule has 3 nitrogen and oxygen atoms in total. The van der Waals surface area contributed by atoms with E-state index in [0.717, 1.165) is 32.5 Å². The topological polar surface area (TPSA) is 32.3 Å². The standard InChI is InChI=1S/C24H32N2O/c1-4-19(3)25-24(27)23-14-22(21-12-8-9-18(2)13-21)16-26(17-23)15-20-10-6-5-7-11-20/h5-13,19,22-23H,4,14-17H2,1-3H3,(H,25,27)/t19-,22+,23-/m0/s1. The SMILES string of the molecule is CC[C@H](C)NC(=O)[C@H]1C[C@@H](c2cccc(C)c2)CN(Cc2ccccc2)C1. The van der Waals surface area contributed by atoms with Crippen LogP contribution in [0, 0.1) is 12.8 Å². The van der Waals surface area contributed by atoms with Crippen molar-refractivity contribution in [2.24, 2.45) is 5.92 Å². The molecule has 1 saturated heterocycles. The van der Waals surface area contributed by atoms with Crippen LogP contribution in [0.15, 0.2) is 54.6 Å². The lowest BCUT2D eigenvalue weighted by atomic mass is 9.83. The fraction of sp³-hybridized carbons (Fsp3) is 0.458. The molecule has 1 heterocycles. The van der Waals surface area contributed by atoms with E-state index in [-0.39, 0.29) is 17.9 Å². The van der Waals surface area contributed by atoms with Crippen LogP contribution < -0.4 is 5.32 Å². The molecule has 3 rings (SSSR count). The first-order valence-electron chi connectivity index (χ1n) is 10.2. The highest BCUT2D eigenvalue weighted by Gasteiger charge is 2.32. The molecule has 0 bridgehead atoms. The number of benzene rings is 2. The van der Waals surface area contributed by atoms with E-state index in [9.17, 15) is 4.79 Å². The summed E-state index contributed by atoms with van der Waals surface area (Å²) in [5, 5.41) is 3.20. The Labute approximate surface area is 163 Å². The molecule has 0 radical (unpaired) electrons. The van der Waals surface area contributed by atoms with Crippen LogP contribution in [0.25, 0.3) is 0 Å². The summed E-state index contributed by atoms with van der Waals surface area (Å²) in [4.78, 5) is 15.3. The minimum Gasteiger partial charge on any atom is -0.353 e. The number of nitrogens with one attached hydrogen (secondary N) is 1. The number of likely N-dealkylation sites (tertiary alicyclic amines) is 1. The van der Waals surface area contributed by atoms with Crippen molar-refractivity contribution >= 4 is 5.91 Å². The van der Waals surface area contributed by atoms with Crippen molar-refractivity contribution in [3.05, 3.63) is 71.3 Å². The first-order chi connectivity index (χ1) is 13.0. The summed E-state index contributed by atoms with van der Waals surface area (Å²) in [5.41, 5.74) is 3.95. The number of rotatable bonds is 6. The normalized spacial score (nSPS) is 21.6. The van der Waals surface area contributed by atoms with Crippen LogP contribution in [0.5, 0.6) is 0 Å². The molecule has 144 valence electrons. The first-order valence-corrected chi connectivity index (χ1v) is 10.2. The third kappa shape index (κ3) is 5.43. The van der Waals surface area contributed by atoms with Gasteiger partial charge in [-0.25, -0.2) is 0 Å². The lowest BCUT2D eigenvalue weighted by Crippen LogP contribution is -2.47. The summed E-state index contributed by atoms with van der Waals surface area (Å²) in [6.07, 6.45) is 1.89. The van der Waals surface area contributed by atoms with Crippen LogP contribution in [0.3, 0.4) is 0 Å². The van der Waals surface area contributed by atoms with Crippen LogP contribution in [0.2, 0.25) is 0 Å². The van der Waals surface area contributed by atoms with E-state index < -0.39 is 0 Å². The second-order valence-corrected chi connectivity index (χ2v) is 8.04. The maximum absolute atomic E-state index is 12.9. The maximum Gasteiger partial charge on any atom is 0.224 e. The molecule has 3 atom stereocenters. The van der Waals surface area contributed by atoms with E-state index in [4.69, 9.17) is 0 Å². The minimum atomic E-state index is 0.0435. The molecule has 1 aliphatic heterocycles. The van der Waals surface area contributed by atoms with Crippen molar-refractivity contribution in [1.82, 2.24) is 10.2 Å². The number of carbonyl (C=O) groups excluding carboxylic acids is 1. The molecule has 1 aliphatic rings. The summed E-state index contributed by atoms with van der Waals surface area (Å²) in [7, 11) is 0. The highest BCUT2D eigenvalue weighted by atomic mass is 16.2. The van der Waals surface area contributed by atoms with Gasteiger partial charge in [-0.2, -0.15) is 0 Å². The molecule has 1 N–H and O–H groups in total. The Hall–Kier alpha value is -2.13. The predicted molar refractivity (Wildman–Crippen MR) is 112 cm³/mol. The summed E-state index contributed by atoms with van der Waals surface area (Å²) < 4.78 is 0. The van der Waals surface area contributed by atoms with Gasteiger partial charge in [0.05, 0.1) is 5.92 Å². The monoisotopic (exact) mass is 364 g/mol. The van der Waals surface area contributed by atoms with Crippen LogP contribution in [0.1, 0.15) is 49.3 Å². The lowest BCUT2D eigenvalue weighted by molar-refractivity contribution is -0.127. The summed E-state index contributed by atoms with van der Waals surface area (Å²) in [6, 6.07) is 19.6. The molecule has 3 heteroatoms. The van der Waals surface area contributed by atoms with Gasteiger partial charge in [0, 0.05) is 25.7 Å². The quantitative estimate of drug-likeness (QED) is 0.817. The molecule has 0 aromatic heterocycles. The van der Waals surface area contributed by atoms with Crippen molar-refractivity contribution < 1.29 is 4.79 Å². The maximum atomic E-state index is 12.9. The van der Waals surface area contributed by atoms with Gasteiger partial charge in [-0.3, -0.25) is 9.69 Å². The zero-order valence-electron chi connectivity index (χ0n) is 16.8. The van der Waals surface area contributed by atoms with Crippen LogP contribution in [0.4, 0.5) is 0 Å². The minimum absolute atomic E-state index is 0.0435. The van der Waals surface area contributed by atoms with E-state index in [2.05, 4.69) is 85.6 Å². The van der Waals surface area contributed by atoms with E-state index in [1.54, 1.807) is 0 Å². The Morgan fingerprint density at radius 1 is 1.15 bits per heavy atom. The summed E-state index contributed by atoms with van der Waals surface area (Å²) in [5.74, 6) is 0.650. The molecule has 1 fully saturated rings. The molecule has 0 aliphatic carbocycles. The second kappa shape index (κ2) is 9.18. The third-order valence-electron chi connectivity index (χ3n) is 5.66. The predicted octanol–water partition coefficient (Wildman–Crippen LogP) is 4.52. The van der Waals surface area contributed by atoms with Gasteiger partial charge in [0.15, 0.2) is 0 Å². The fourth-order valence-electron chi connectivity index (χ4n) is 3.98. The molecular formula is C24H32N2O. The highest BCUT2D eigenvalue weighted by Crippen LogP contribution is 2.31. The third-order valence-corrected chi connectivity index (χ3v) is 5.66. The molecular weight excluding hydrogens is 332 g/mol. The van der Waals surface area contributed by atoms with Crippen molar-refractivity contribution in [1.29, 1.82) is 0 Å². The number of carbonyl (C=O) groups is 1. The molecule has 2 aromatic rings. The van der Waals surface area contributed by atoms with Gasteiger partial charge in [0.25, 0.3) is 0 Å². The van der Waals surface area contributed by atoms with Gasteiger partial charge in [0.2, 0.25) is 5.91 Å². The number of piperidine rings is 1. The Kier molecular flexibility index (Phi) is 6.68. The van der Waals surface area contributed by atoms with Crippen molar-refractivity contribution in [3.8, 4) is 0 Å². The van der Waals surface area contributed by atoms with E-state index in [1.165, 1.54) is 16.7 Å².